The molecule has 2 heterocycles. The highest BCUT2D eigenvalue weighted by Crippen LogP contribution is 2.44. The lowest BCUT2D eigenvalue weighted by Crippen LogP contribution is -2.50. The van der Waals surface area contributed by atoms with Crippen molar-refractivity contribution in [2.45, 2.75) is 84.4 Å². The van der Waals surface area contributed by atoms with Crippen molar-refractivity contribution in [1.29, 1.82) is 0 Å². The van der Waals surface area contributed by atoms with Crippen LogP contribution in [0.1, 0.15) is 61.8 Å². The zero-order chi connectivity index (χ0) is 20.6. The summed E-state index contributed by atoms with van der Waals surface area (Å²) in [4.78, 5) is 26.7. The number of carbonyl (C=O) groups excluding carboxylic acids is 2. The Labute approximate surface area is 163 Å². The van der Waals surface area contributed by atoms with Gasteiger partial charge in [-0.2, -0.15) is 0 Å². The summed E-state index contributed by atoms with van der Waals surface area (Å²) in [5.41, 5.74) is -1.59. The van der Waals surface area contributed by atoms with Gasteiger partial charge in [-0.1, -0.05) is 0 Å². The topological polar surface area (TPSA) is 74.3 Å². The van der Waals surface area contributed by atoms with Crippen LogP contribution in [0.5, 0.6) is 0 Å². The molecule has 0 radical (unpaired) electrons. The molecule has 2 aliphatic heterocycles. The number of nitrogens with zero attached hydrogens (tertiary/aromatic N) is 1. The van der Waals surface area contributed by atoms with Crippen LogP contribution in [0.4, 0.5) is 4.79 Å². The Morgan fingerprint density at radius 1 is 1.15 bits per heavy atom. The Kier molecular flexibility index (Phi) is 6.22. The predicted molar refractivity (Wildman–Crippen MR) is 102 cm³/mol. The molecule has 2 rings (SSSR count). The van der Waals surface area contributed by atoms with E-state index in [4.69, 9.17) is 18.8 Å². The first kappa shape index (κ1) is 22.0. The van der Waals surface area contributed by atoms with Crippen molar-refractivity contribution in [3.05, 3.63) is 0 Å². The van der Waals surface area contributed by atoms with Gasteiger partial charge in [-0.05, 0) is 61.8 Å². The van der Waals surface area contributed by atoms with E-state index in [2.05, 4.69) is 0 Å². The van der Waals surface area contributed by atoms with Gasteiger partial charge in [0.05, 0.1) is 23.7 Å². The predicted octanol–water partition coefficient (Wildman–Crippen LogP) is 3.27. The van der Waals surface area contributed by atoms with Crippen LogP contribution in [-0.4, -0.2) is 60.6 Å². The van der Waals surface area contributed by atoms with E-state index >= 15 is 0 Å². The summed E-state index contributed by atoms with van der Waals surface area (Å²) in [6.45, 7) is 16.3. The molecule has 1 amide bonds. The number of likely N-dealkylation sites (tertiary alicyclic amines) is 1. The number of esters is 1. The van der Waals surface area contributed by atoms with Gasteiger partial charge in [-0.15, -0.1) is 0 Å². The third-order valence-corrected chi connectivity index (χ3v) is 5.52. The fourth-order valence-corrected chi connectivity index (χ4v) is 3.36. The van der Waals surface area contributed by atoms with Crippen molar-refractivity contribution in [2.24, 2.45) is 5.92 Å². The molecule has 2 fully saturated rings. The summed E-state index contributed by atoms with van der Waals surface area (Å²) < 4.78 is 23.1. The van der Waals surface area contributed by atoms with Gasteiger partial charge in [-0.3, -0.25) is 4.79 Å². The second kappa shape index (κ2) is 7.62. The molecule has 0 N–H and O–H groups in total. The normalized spacial score (nSPS) is 27.4. The summed E-state index contributed by atoms with van der Waals surface area (Å²) in [5.74, 6) is -0.953. The fraction of sp³-hybridized carbons (Fsp3) is 0.895. The van der Waals surface area contributed by atoms with Gasteiger partial charge in [0.15, 0.2) is 0 Å². The summed E-state index contributed by atoms with van der Waals surface area (Å²) in [6.07, 6.45) is 0.110. The van der Waals surface area contributed by atoms with E-state index in [1.54, 1.807) is 11.8 Å². The molecule has 2 aliphatic rings. The molecule has 2 saturated heterocycles. The van der Waals surface area contributed by atoms with Gasteiger partial charge in [-0.25, -0.2) is 4.79 Å². The third kappa shape index (κ3) is 4.96. The van der Waals surface area contributed by atoms with Gasteiger partial charge >= 0.3 is 19.2 Å². The minimum absolute atomic E-state index is 0.263. The zero-order valence-corrected chi connectivity index (χ0v) is 18.0. The maximum Gasteiger partial charge on any atom is 0.463 e. The summed E-state index contributed by atoms with van der Waals surface area (Å²) in [6, 6.07) is 0. The van der Waals surface area contributed by atoms with Crippen molar-refractivity contribution >= 4 is 19.2 Å². The molecule has 8 heteroatoms. The Morgan fingerprint density at radius 2 is 1.70 bits per heavy atom. The number of carbonyl (C=O) groups is 2. The zero-order valence-electron chi connectivity index (χ0n) is 18.0. The molecule has 0 aromatic carbocycles. The highest BCUT2D eigenvalue weighted by atomic mass is 16.7. The largest absolute Gasteiger partial charge is 0.466 e. The summed E-state index contributed by atoms with van der Waals surface area (Å²) >= 11 is 0. The average molecular weight is 383 g/mol. The van der Waals surface area contributed by atoms with Gasteiger partial charge in [0, 0.05) is 18.9 Å². The minimum Gasteiger partial charge on any atom is -0.466 e. The van der Waals surface area contributed by atoms with E-state index in [0.29, 0.717) is 26.1 Å². The number of ether oxygens (including phenoxy) is 2. The molecule has 0 unspecified atom stereocenters. The Morgan fingerprint density at radius 3 is 2.19 bits per heavy atom. The lowest BCUT2D eigenvalue weighted by molar-refractivity contribution is -0.149. The lowest BCUT2D eigenvalue weighted by Gasteiger charge is -2.38. The quantitative estimate of drug-likeness (QED) is 0.550. The van der Waals surface area contributed by atoms with E-state index in [9.17, 15) is 9.59 Å². The molecule has 0 saturated carbocycles. The van der Waals surface area contributed by atoms with E-state index < -0.39 is 23.9 Å². The molecular weight excluding hydrogens is 349 g/mol. The summed E-state index contributed by atoms with van der Waals surface area (Å²) in [7, 11) is -0.588. The standard InChI is InChI=1S/C19H34BNO6/c1-9-24-15(22)13-10-11-21(16(23)25-17(2,3)4)12-14(13)20-26-18(5,6)19(7,8)27-20/h13-14H,9-12H2,1-8H3/t13-,14+/m0/s1. The molecule has 0 aromatic rings. The van der Waals surface area contributed by atoms with Gasteiger partial charge in [0.2, 0.25) is 0 Å². The Hall–Kier alpha value is -1.28. The van der Waals surface area contributed by atoms with Crippen LogP contribution in [0.3, 0.4) is 0 Å². The Balaban J connectivity index is 2.21. The second-order valence-corrected chi connectivity index (χ2v) is 9.36. The van der Waals surface area contributed by atoms with Crippen LogP contribution in [0, 0.1) is 5.92 Å². The van der Waals surface area contributed by atoms with Crippen molar-refractivity contribution in [3.8, 4) is 0 Å². The van der Waals surface area contributed by atoms with Gasteiger partial charge < -0.3 is 23.7 Å². The first-order valence-electron chi connectivity index (χ1n) is 9.77. The number of hydrogen-bond donors (Lipinski definition) is 0. The smallest absolute Gasteiger partial charge is 0.463 e. The van der Waals surface area contributed by atoms with E-state index in [1.165, 1.54) is 0 Å². The minimum atomic E-state index is -0.588. The first-order valence-corrected chi connectivity index (χ1v) is 9.77. The third-order valence-electron chi connectivity index (χ3n) is 5.52. The van der Waals surface area contributed by atoms with Crippen LogP contribution >= 0.6 is 0 Å². The molecule has 0 aromatic heterocycles. The molecule has 0 bridgehead atoms. The van der Waals surface area contributed by atoms with Crippen LogP contribution in [0.25, 0.3) is 0 Å². The highest BCUT2D eigenvalue weighted by molar-refractivity contribution is 6.48. The van der Waals surface area contributed by atoms with Crippen molar-refractivity contribution < 1.29 is 28.4 Å². The molecule has 27 heavy (non-hydrogen) atoms. The van der Waals surface area contributed by atoms with Gasteiger partial charge in [0.1, 0.15) is 5.60 Å². The molecule has 0 aliphatic carbocycles. The highest BCUT2D eigenvalue weighted by Gasteiger charge is 2.57. The maximum atomic E-state index is 12.5. The molecule has 0 spiro atoms. The van der Waals surface area contributed by atoms with E-state index in [1.807, 2.05) is 48.5 Å². The SMILES string of the molecule is CCOC(=O)[C@H]1CCN(C(=O)OC(C)(C)C)C[C@H]1B1OC(C)(C)C(C)(C)O1. The van der Waals surface area contributed by atoms with Crippen molar-refractivity contribution in [3.63, 3.8) is 0 Å². The monoisotopic (exact) mass is 383 g/mol. The van der Waals surface area contributed by atoms with Crippen LogP contribution < -0.4 is 0 Å². The van der Waals surface area contributed by atoms with Gasteiger partial charge in [0.25, 0.3) is 0 Å². The number of amides is 1. The van der Waals surface area contributed by atoms with Crippen LogP contribution in [0.2, 0.25) is 5.82 Å². The van der Waals surface area contributed by atoms with E-state index in [0.717, 1.165) is 0 Å². The number of piperidine rings is 1. The average Bonchev–Trinajstić information content (AvgIpc) is 2.73. The molecular formula is C19H34BNO6. The number of hydrogen-bond acceptors (Lipinski definition) is 6. The fourth-order valence-electron chi connectivity index (χ4n) is 3.36. The number of rotatable bonds is 3. The first-order chi connectivity index (χ1) is 12.3. The van der Waals surface area contributed by atoms with Crippen molar-refractivity contribution in [1.82, 2.24) is 4.90 Å². The van der Waals surface area contributed by atoms with Crippen molar-refractivity contribution in [2.75, 3.05) is 19.7 Å². The Bertz CT molecular complexity index is 555. The lowest BCUT2D eigenvalue weighted by atomic mass is 9.62. The molecule has 7 nitrogen and oxygen atoms in total. The summed E-state index contributed by atoms with van der Waals surface area (Å²) in [5, 5.41) is 0. The second-order valence-electron chi connectivity index (χ2n) is 9.36. The van der Waals surface area contributed by atoms with Crippen LogP contribution in [0.15, 0.2) is 0 Å². The maximum absolute atomic E-state index is 12.5. The molecule has 2 atom stereocenters. The molecule has 154 valence electrons. The van der Waals surface area contributed by atoms with E-state index in [-0.39, 0.29) is 23.8 Å². The van der Waals surface area contributed by atoms with Crippen LogP contribution in [-0.2, 0) is 23.6 Å².